The fourth-order valence-electron chi connectivity index (χ4n) is 14.6. The van der Waals surface area contributed by atoms with Gasteiger partial charge in [-0.1, -0.05) is 165 Å². The topological polar surface area (TPSA) is 74.8 Å². The maximum atomic E-state index is 6.13. The number of para-hydroxylation sites is 4. The zero-order chi connectivity index (χ0) is 69.8. The average Bonchev–Trinajstić information content (AvgIpc) is 0.833. The summed E-state index contributed by atoms with van der Waals surface area (Å²) >= 11 is 0. The van der Waals surface area contributed by atoms with E-state index in [4.69, 9.17) is 28.4 Å². The second kappa shape index (κ2) is 29.1. The van der Waals surface area contributed by atoms with Crippen LogP contribution in [0.5, 0.6) is 34.5 Å². The molecule has 6 heterocycles. The molecular weight excluding hydrogens is 1270 g/mol. The molecule has 0 saturated heterocycles. The summed E-state index contributed by atoms with van der Waals surface area (Å²) in [5.41, 5.74) is 24.4. The molecule has 103 heavy (non-hydrogen) atoms. The van der Waals surface area contributed by atoms with Crippen molar-refractivity contribution >= 4 is 34.1 Å². The summed E-state index contributed by atoms with van der Waals surface area (Å²) in [6.45, 7) is 19.6. The number of ether oxygens (including phenoxy) is 6. The second-order valence-corrected chi connectivity index (χ2v) is 28.2. The lowest BCUT2D eigenvalue weighted by atomic mass is 9.77. The molecule has 12 aromatic carbocycles. The molecule has 0 amide bonds. The van der Waals surface area contributed by atoms with Crippen LogP contribution in [0.4, 0.5) is 34.1 Å². The van der Waals surface area contributed by atoms with E-state index in [1.165, 1.54) is 112 Å². The molecule has 6 aliphatic heterocycles. The molecule has 18 rings (SSSR count). The number of fused-ring (bicyclic) bond motifs is 6. The Morgan fingerprint density at radius 2 is 0.505 bits per heavy atom. The maximum Gasteiger partial charge on any atom is 0.161 e. The van der Waals surface area contributed by atoms with Gasteiger partial charge in [0.1, 0.15) is 34.5 Å². The minimum Gasteiger partial charge on any atom is -0.473 e. The van der Waals surface area contributed by atoms with Crippen molar-refractivity contribution in [1.29, 1.82) is 0 Å². The normalized spacial score (nSPS) is 14.8. The summed E-state index contributed by atoms with van der Waals surface area (Å²) in [4.78, 5) is 13.6. The van der Waals surface area contributed by atoms with Crippen molar-refractivity contribution in [2.75, 3.05) is 69.8 Å². The summed E-state index contributed by atoms with van der Waals surface area (Å²) in [5, 5.41) is 0. The highest BCUT2D eigenvalue weighted by molar-refractivity contribution is 5.70. The van der Waals surface area contributed by atoms with Crippen LogP contribution in [0.25, 0.3) is 11.1 Å². The Morgan fingerprint density at radius 3 is 0.796 bits per heavy atom. The van der Waals surface area contributed by atoms with Crippen LogP contribution in [0.15, 0.2) is 279 Å². The Balaban J connectivity index is 0.000000120. The van der Waals surface area contributed by atoms with Crippen molar-refractivity contribution < 1.29 is 28.4 Å². The van der Waals surface area contributed by atoms with Crippen LogP contribution >= 0.6 is 0 Å². The van der Waals surface area contributed by atoms with Gasteiger partial charge in [0.05, 0.1) is 0 Å². The van der Waals surface area contributed by atoms with Gasteiger partial charge in [-0.15, -0.1) is 0 Å². The van der Waals surface area contributed by atoms with Gasteiger partial charge in [-0.05, 0) is 193 Å². The molecule has 0 unspecified atom stereocenters. The molecule has 0 spiro atoms. The van der Waals surface area contributed by atoms with Crippen LogP contribution in [0.1, 0.15) is 93.5 Å². The third-order valence-corrected chi connectivity index (χ3v) is 20.9. The van der Waals surface area contributed by atoms with Crippen LogP contribution in [0, 0.1) is 13.8 Å². The Labute approximate surface area is 605 Å². The van der Waals surface area contributed by atoms with Crippen molar-refractivity contribution in [1.82, 2.24) is 0 Å². The summed E-state index contributed by atoms with van der Waals surface area (Å²) < 4.78 is 36.5. The fraction of sp³-hybridized carbons (Fsp3) is 0.209. The highest BCUT2D eigenvalue weighted by Gasteiger charge is 2.30. The van der Waals surface area contributed by atoms with E-state index >= 15 is 0 Å². The number of rotatable bonds is 11. The first-order chi connectivity index (χ1) is 50.4. The number of anilines is 6. The monoisotopic (exact) mass is 1360 g/mol. The van der Waals surface area contributed by atoms with Crippen molar-refractivity contribution in [2.45, 2.75) is 85.2 Å². The van der Waals surface area contributed by atoms with Crippen LogP contribution in [-0.4, -0.2) is 40.4 Å². The van der Waals surface area contributed by atoms with Gasteiger partial charge in [0.25, 0.3) is 0 Å². The van der Waals surface area contributed by atoms with Gasteiger partial charge in [-0.25, -0.2) is 0 Å². The maximum absolute atomic E-state index is 6.13. The van der Waals surface area contributed by atoms with Crippen LogP contribution in [0.2, 0.25) is 0 Å². The SMILES string of the molecule is CC(c1ccc2c(c1)CN(c1ccccc1)CO2)c1ccc2c(c1)CN(c1ccccc1)CO2.Cc1ccc(N2COc3ccc(C(C)(C)c4ccc5c(c4)CN(c4ccc(C)cc4)CO5)cc3C2)cc1.c1ccc(N2COc3ccc(-c4ccc5c(c4)CN(c4ccccc4)CO5)cc3C2)cc1. The molecule has 0 bridgehead atoms. The Bertz CT molecular complexity index is 4630. The summed E-state index contributed by atoms with van der Waals surface area (Å²) in [6.07, 6.45) is 0. The molecule has 0 aliphatic carbocycles. The Hall–Kier alpha value is -11.8. The van der Waals surface area contributed by atoms with Crippen molar-refractivity contribution in [3.63, 3.8) is 0 Å². The van der Waals surface area contributed by atoms with Gasteiger partial charge in [0.15, 0.2) is 40.4 Å². The van der Waals surface area contributed by atoms with E-state index in [2.05, 4.69) is 319 Å². The predicted octanol–water partition coefficient (Wildman–Crippen LogP) is 20.0. The number of benzene rings is 12. The first-order valence-electron chi connectivity index (χ1n) is 35.8. The zero-order valence-electron chi connectivity index (χ0n) is 59.3. The molecule has 0 atom stereocenters. The summed E-state index contributed by atoms with van der Waals surface area (Å²) in [5.74, 6) is 6.15. The van der Waals surface area contributed by atoms with Gasteiger partial charge >= 0.3 is 0 Å². The van der Waals surface area contributed by atoms with E-state index in [-0.39, 0.29) is 11.3 Å². The number of aryl methyl sites for hydroxylation is 2. The van der Waals surface area contributed by atoms with E-state index in [0.29, 0.717) is 40.4 Å². The van der Waals surface area contributed by atoms with E-state index in [1.54, 1.807) is 0 Å². The predicted molar refractivity (Wildman–Crippen MR) is 415 cm³/mol. The molecular formula is C91H86N6O6. The second-order valence-electron chi connectivity index (χ2n) is 28.2. The third kappa shape index (κ3) is 14.5. The molecule has 0 radical (unpaired) electrons. The molecule has 12 heteroatoms. The number of hydrogen-bond acceptors (Lipinski definition) is 12. The van der Waals surface area contributed by atoms with Gasteiger partial charge in [0, 0.05) is 118 Å². The molecule has 0 aromatic heterocycles. The van der Waals surface area contributed by atoms with Crippen molar-refractivity contribution in [3.8, 4) is 45.6 Å². The molecule has 6 aliphatic rings. The molecule has 0 saturated carbocycles. The van der Waals surface area contributed by atoms with Crippen LogP contribution < -0.4 is 57.8 Å². The standard InChI is InChI=1S/C33H34N2O2.C30H28N2O2.C28H24N2O2/c1-23-5-11-29(12-6-23)34-19-25-17-27(9-15-31(25)36-21-34)33(3,4)28-10-16-32-26(18-28)20-35(22-37-32)30-13-7-24(2)8-14-30;1-22(23-12-14-29-25(16-23)18-31(20-33-29)27-8-4-2-5-9-27)24-13-15-30-26(17-24)19-32(21-34-30)28-10-6-3-7-11-28;1-3-7-25(8-4-1)29-17-23-15-21(11-13-27(23)31-19-29)22-12-14-28-24(16-22)18-30(20-32-28)26-9-5-2-6-10-26/h5-18H,19-22H2,1-4H3;2-17,22H,18-21H2,1H3;1-16H,17-20H2. The summed E-state index contributed by atoms with van der Waals surface area (Å²) in [6, 6.07) is 98.7. The highest BCUT2D eigenvalue weighted by Crippen LogP contribution is 2.42. The lowest BCUT2D eigenvalue weighted by Crippen LogP contribution is -2.33. The van der Waals surface area contributed by atoms with Crippen LogP contribution in [-0.2, 0) is 44.7 Å². The average molecular weight is 1360 g/mol. The minimum absolute atomic E-state index is 0.164. The lowest BCUT2D eigenvalue weighted by molar-refractivity contribution is 0.288. The summed E-state index contributed by atoms with van der Waals surface area (Å²) in [7, 11) is 0. The van der Waals surface area contributed by atoms with E-state index in [1.807, 2.05) is 24.3 Å². The van der Waals surface area contributed by atoms with Gasteiger partial charge in [-0.3, -0.25) is 0 Å². The minimum atomic E-state index is -0.164. The molecule has 12 aromatic rings. The molecule has 516 valence electrons. The largest absolute Gasteiger partial charge is 0.473 e. The fourth-order valence-corrected chi connectivity index (χ4v) is 14.6. The third-order valence-electron chi connectivity index (χ3n) is 20.9. The molecule has 12 nitrogen and oxygen atoms in total. The van der Waals surface area contributed by atoms with Crippen LogP contribution in [0.3, 0.4) is 0 Å². The highest BCUT2D eigenvalue weighted by atomic mass is 16.5. The quantitative estimate of drug-likeness (QED) is 0.124. The Kier molecular flexibility index (Phi) is 18.6. The van der Waals surface area contributed by atoms with Crippen molar-refractivity contribution in [2.24, 2.45) is 0 Å². The van der Waals surface area contributed by atoms with E-state index in [9.17, 15) is 0 Å². The van der Waals surface area contributed by atoms with Gasteiger partial charge in [-0.2, -0.15) is 0 Å². The molecule has 0 N–H and O–H groups in total. The smallest absolute Gasteiger partial charge is 0.161 e. The van der Waals surface area contributed by atoms with Gasteiger partial charge in [0.2, 0.25) is 0 Å². The number of nitrogens with zero attached hydrogens (tertiary/aromatic N) is 6. The van der Waals surface area contributed by atoms with E-state index < -0.39 is 0 Å². The first-order valence-corrected chi connectivity index (χ1v) is 35.8. The van der Waals surface area contributed by atoms with Gasteiger partial charge < -0.3 is 57.8 Å². The zero-order valence-corrected chi connectivity index (χ0v) is 59.3. The Morgan fingerprint density at radius 1 is 0.262 bits per heavy atom. The molecule has 0 fully saturated rings. The first kappa shape index (κ1) is 65.8. The lowest BCUT2D eigenvalue weighted by Gasteiger charge is -2.34. The number of hydrogen-bond donors (Lipinski definition) is 0. The van der Waals surface area contributed by atoms with E-state index in [0.717, 1.165) is 73.8 Å². The van der Waals surface area contributed by atoms with Crippen molar-refractivity contribution in [3.05, 3.63) is 346 Å².